The van der Waals surface area contributed by atoms with Crippen molar-refractivity contribution < 1.29 is 0 Å². The van der Waals surface area contributed by atoms with Crippen molar-refractivity contribution in [2.45, 2.75) is 43.9 Å². The van der Waals surface area contributed by atoms with E-state index in [1.54, 1.807) is 11.8 Å². The second-order valence-electron chi connectivity index (χ2n) is 4.83. The summed E-state index contributed by atoms with van der Waals surface area (Å²) in [6.45, 7) is 8.10. The van der Waals surface area contributed by atoms with E-state index < -0.39 is 0 Å². The number of nitrogens with one attached hydrogen (secondary N) is 1. The van der Waals surface area contributed by atoms with Crippen LogP contribution in [0, 0.1) is 13.8 Å². The molecule has 2 aromatic rings. The van der Waals surface area contributed by atoms with Crippen LogP contribution in [0.3, 0.4) is 0 Å². The molecular weight excluding hydrogens is 270 g/mol. The highest BCUT2D eigenvalue weighted by Crippen LogP contribution is 2.27. The minimum atomic E-state index is 0.870. The number of aromatic nitrogens is 4. The fourth-order valence-electron chi connectivity index (χ4n) is 1.80. The van der Waals surface area contributed by atoms with E-state index in [0.29, 0.717) is 0 Å². The highest BCUT2D eigenvalue weighted by molar-refractivity contribution is 7.99. The van der Waals surface area contributed by atoms with Crippen LogP contribution >= 0.6 is 11.8 Å². The van der Waals surface area contributed by atoms with Crippen LogP contribution in [0.5, 0.6) is 0 Å². The molecular formula is C14H21N5S. The number of pyridine rings is 1. The van der Waals surface area contributed by atoms with E-state index in [1.807, 2.05) is 24.7 Å². The predicted octanol–water partition coefficient (Wildman–Crippen LogP) is 2.48. The molecule has 0 radical (unpaired) electrons. The Kier molecular flexibility index (Phi) is 5.14. The van der Waals surface area contributed by atoms with Gasteiger partial charge in [-0.1, -0.05) is 13.0 Å². The molecule has 0 saturated carbocycles. The lowest BCUT2D eigenvalue weighted by atomic mass is 10.2. The molecule has 1 N–H and O–H groups in total. The molecule has 0 aliphatic heterocycles. The average Bonchev–Trinajstić information content (AvgIpc) is 2.74. The minimum Gasteiger partial charge on any atom is -0.313 e. The predicted molar refractivity (Wildman–Crippen MR) is 80.8 cm³/mol. The maximum Gasteiger partial charge on any atom is 0.197 e. The third-order valence-corrected chi connectivity index (χ3v) is 4.24. The number of nitrogens with zero attached hydrogens (tertiary/aromatic N) is 4. The summed E-state index contributed by atoms with van der Waals surface area (Å²) in [5, 5.41) is 13.5. The van der Waals surface area contributed by atoms with Gasteiger partial charge in [-0.05, 0) is 49.7 Å². The van der Waals surface area contributed by atoms with Gasteiger partial charge in [-0.25, -0.2) is 4.98 Å². The van der Waals surface area contributed by atoms with Crippen molar-refractivity contribution in [3.05, 3.63) is 29.2 Å². The summed E-state index contributed by atoms with van der Waals surface area (Å²) in [4.78, 5) is 4.54. The van der Waals surface area contributed by atoms with Crippen LogP contribution in [0.2, 0.25) is 0 Å². The summed E-state index contributed by atoms with van der Waals surface area (Å²) < 4.78 is 1.97. The summed E-state index contributed by atoms with van der Waals surface area (Å²) in [6, 6.07) is 2.18. The largest absolute Gasteiger partial charge is 0.313 e. The SMILES string of the molecule is CCCNCc1cnc(Sc2nnc(C)n2C)c(C)c1. The van der Waals surface area contributed by atoms with E-state index in [-0.39, 0.29) is 0 Å². The molecule has 0 aliphatic rings. The second-order valence-corrected chi connectivity index (χ2v) is 5.79. The molecule has 0 bridgehead atoms. The number of hydrogen-bond acceptors (Lipinski definition) is 5. The summed E-state index contributed by atoms with van der Waals surface area (Å²) in [5.41, 5.74) is 2.39. The maximum absolute atomic E-state index is 4.54. The number of aryl methyl sites for hydroxylation is 2. The van der Waals surface area contributed by atoms with Crippen molar-refractivity contribution in [3.63, 3.8) is 0 Å². The summed E-state index contributed by atoms with van der Waals surface area (Å²) in [6.07, 6.45) is 3.08. The first-order valence-corrected chi connectivity index (χ1v) is 7.63. The van der Waals surface area contributed by atoms with Crippen molar-refractivity contribution in [2.24, 2.45) is 7.05 Å². The first kappa shape index (κ1) is 15.0. The smallest absolute Gasteiger partial charge is 0.197 e. The number of rotatable bonds is 6. The summed E-state index contributed by atoms with van der Waals surface area (Å²) in [5.74, 6) is 0.908. The molecule has 0 fully saturated rings. The molecule has 0 amide bonds. The third kappa shape index (κ3) is 3.58. The van der Waals surface area contributed by atoms with Gasteiger partial charge in [0.1, 0.15) is 10.9 Å². The standard InChI is InChI=1S/C14H21N5S/c1-5-6-15-8-12-7-10(2)13(16-9-12)20-14-18-17-11(3)19(14)4/h7,9,15H,5-6,8H2,1-4H3. The molecule has 20 heavy (non-hydrogen) atoms. The van der Waals surface area contributed by atoms with E-state index >= 15 is 0 Å². The average molecular weight is 291 g/mol. The van der Waals surface area contributed by atoms with Gasteiger partial charge in [-0.3, -0.25) is 0 Å². The van der Waals surface area contributed by atoms with E-state index in [0.717, 1.165) is 35.5 Å². The highest BCUT2D eigenvalue weighted by atomic mass is 32.2. The molecule has 5 nitrogen and oxygen atoms in total. The van der Waals surface area contributed by atoms with Gasteiger partial charge in [0.2, 0.25) is 0 Å². The van der Waals surface area contributed by atoms with Crippen LogP contribution in [0.25, 0.3) is 0 Å². The van der Waals surface area contributed by atoms with Crippen LogP contribution in [-0.4, -0.2) is 26.3 Å². The normalized spacial score (nSPS) is 11.0. The summed E-state index contributed by atoms with van der Waals surface area (Å²) >= 11 is 1.56. The Morgan fingerprint density at radius 3 is 2.70 bits per heavy atom. The van der Waals surface area contributed by atoms with E-state index in [4.69, 9.17) is 0 Å². The highest BCUT2D eigenvalue weighted by Gasteiger charge is 2.10. The fourth-order valence-corrected chi connectivity index (χ4v) is 2.65. The zero-order valence-corrected chi connectivity index (χ0v) is 13.3. The third-order valence-electron chi connectivity index (χ3n) is 3.08. The molecule has 2 aromatic heterocycles. The molecule has 108 valence electrons. The Hall–Kier alpha value is -1.40. The van der Waals surface area contributed by atoms with Crippen LogP contribution < -0.4 is 5.32 Å². The Labute approximate surface area is 124 Å². The lowest BCUT2D eigenvalue weighted by Gasteiger charge is -2.08. The zero-order chi connectivity index (χ0) is 14.5. The van der Waals surface area contributed by atoms with Gasteiger partial charge in [-0.15, -0.1) is 10.2 Å². The topological polar surface area (TPSA) is 55.6 Å². The maximum atomic E-state index is 4.54. The Morgan fingerprint density at radius 2 is 2.10 bits per heavy atom. The molecule has 0 aromatic carbocycles. The van der Waals surface area contributed by atoms with E-state index in [9.17, 15) is 0 Å². The zero-order valence-electron chi connectivity index (χ0n) is 12.5. The molecule has 2 heterocycles. The van der Waals surface area contributed by atoms with Gasteiger partial charge < -0.3 is 9.88 Å². The Bertz CT molecular complexity index is 579. The molecule has 0 atom stereocenters. The molecule has 0 aliphatic carbocycles. The van der Waals surface area contributed by atoms with Crippen molar-refractivity contribution in [1.29, 1.82) is 0 Å². The molecule has 2 rings (SSSR count). The fraction of sp³-hybridized carbons (Fsp3) is 0.500. The quantitative estimate of drug-likeness (QED) is 0.829. The van der Waals surface area contributed by atoms with Gasteiger partial charge in [0.25, 0.3) is 0 Å². The molecule has 0 unspecified atom stereocenters. The summed E-state index contributed by atoms with van der Waals surface area (Å²) in [7, 11) is 1.97. The molecule has 6 heteroatoms. The van der Waals surface area contributed by atoms with Crippen LogP contribution in [0.15, 0.2) is 22.4 Å². The van der Waals surface area contributed by atoms with E-state index in [2.05, 4.69) is 40.4 Å². The van der Waals surface area contributed by atoms with Crippen LogP contribution in [0.4, 0.5) is 0 Å². The Morgan fingerprint density at radius 1 is 1.30 bits per heavy atom. The second kappa shape index (κ2) is 6.85. The van der Waals surface area contributed by atoms with Crippen LogP contribution in [0.1, 0.15) is 30.3 Å². The van der Waals surface area contributed by atoms with E-state index in [1.165, 1.54) is 11.1 Å². The van der Waals surface area contributed by atoms with Gasteiger partial charge in [0.15, 0.2) is 5.16 Å². The van der Waals surface area contributed by atoms with Crippen molar-refractivity contribution in [3.8, 4) is 0 Å². The first-order chi connectivity index (χ1) is 9.61. The van der Waals surface area contributed by atoms with Crippen LogP contribution in [-0.2, 0) is 13.6 Å². The van der Waals surface area contributed by atoms with Crippen molar-refractivity contribution >= 4 is 11.8 Å². The van der Waals surface area contributed by atoms with Gasteiger partial charge in [0, 0.05) is 19.8 Å². The Balaban J connectivity index is 2.08. The van der Waals surface area contributed by atoms with Crippen molar-refractivity contribution in [2.75, 3.05) is 6.54 Å². The van der Waals surface area contributed by atoms with Gasteiger partial charge in [-0.2, -0.15) is 0 Å². The minimum absolute atomic E-state index is 0.870. The monoisotopic (exact) mass is 291 g/mol. The van der Waals surface area contributed by atoms with Gasteiger partial charge in [0.05, 0.1) is 0 Å². The molecule has 0 spiro atoms. The molecule has 0 saturated heterocycles. The van der Waals surface area contributed by atoms with Gasteiger partial charge >= 0.3 is 0 Å². The lowest BCUT2D eigenvalue weighted by Crippen LogP contribution is -2.14. The van der Waals surface area contributed by atoms with Crippen molar-refractivity contribution in [1.82, 2.24) is 25.1 Å². The first-order valence-electron chi connectivity index (χ1n) is 6.82. The number of hydrogen-bond donors (Lipinski definition) is 1. The lowest BCUT2D eigenvalue weighted by molar-refractivity contribution is 0.672.